The first-order chi connectivity index (χ1) is 8.92. The molecule has 0 atom stereocenters. The van der Waals surface area contributed by atoms with E-state index in [1.165, 1.54) is 0 Å². The molecule has 0 heterocycles. The summed E-state index contributed by atoms with van der Waals surface area (Å²) in [5.41, 5.74) is 5.79. The van der Waals surface area contributed by atoms with E-state index in [2.05, 4.69) is 5.32 Å². The Bertz CT molecular complexity index is 413. The molecule has 1 amide bonds. The van der Waals surface area contributed by atoms with Crippen LogP contribution in [0, 0.1) is 0 Å². The van der Waals surface area contributed by atoms with Crippen LogP contribution in [0.2, 0.25) is 0 Å². The van der Waals surface area contributed by atoms with Gasteiger partial charge in [0.15, 0.2) is 0 Å². The largest absolute Gasteiger partial charge is 0.491 e. The van der Waals surface area contributed by atoms with Crippen LogP contribution >= 0.6 is 0 Å². The van der Waals surface area contributed by atoms with Crippen molar-refractivity contribution in [3.05, 3.63) is 24.3 Å². The van der Waals surface area contributed by atoms with Crippen LogP contribution in [0.25, 0.3) is 0 Å². The number of amides is 1. The fourth-order valence-corrected chi connectivity index (χ4v) is 1.31. The van der Waals surface area contributed by atoms with Gasteiger partial charge in [0.25, 0.3) is 0 Å². The average molecular weight is 266 g/mol. The van der Waals surface area contributed by atoms with Crippen LogP contribution in [0.4, 0.5) is 10.5 Å². The normalized spacial score (nSPS) is 10.9. The Morgan fingerprint density at radius 1 is 1.37 bits per heavy atom. The second kappa shape index (κ2) is 6.99. The summed E-state index contributed by atoms with van der Waals surface area (Å²) in [5, 5.41) is 2.65. The highest BCUT2D eigenvalue weighted by Crippen LogP contribution is 2.24. The Morgan fingerprint density at radius 3 is 2.68 bits per heavy atom. The van der Waals surface area contributed by atoms with Gasteiger partial charge in [0.1, 0.15) is 12.4 Å². The number of hydrogen-bond donors (Lipinski definition) is 2. The lowest BCUT2D eigenvalue weighted by Crippen LogP contribution is -2.38. The molecule has 0 saturated carbocycles. The van der Waals surface area contributed by atoms with Crippen LogP contribution in [0.15, 0.2) is 24.3 Å². The summed E-state index contributed by atoms with van der Waals surface area (Å²) >= 11 is 0. The van der Waals surface area contributed by atoms with Gasteiger partial charge in [0, 0.05) is 5.54 Å². The van der Waals surface area contributed by atoms with Crippen LogP contribution in [-0.4, -0.2) is 24.8 Å². The summed E-state index contributed by atoms with van der Waals surface area (Å²) in [6.07, 6.45) is 0.367. The van der Waals surface area contributed by atoms with Crippen LogP contribution in [0.3, 0.4) is 0 Å². The molecule has 0 spiro atoms. The Labute approximate surface area is 114 Å². The molecule has 1 aromatic rings. The summed E-state index contributed by atoms with van der Waals surface area (Å²) in [6, 6.07) is 7.24. The van der Waals surface area contributed by atoms with Gasteiger partial charge in [-0.05, 0) is 32.4 Å². The number of ether oxygens (including phenoxy) is 2. The van der Waals surface area contributed by atoms with Gasteiger partial charge in [-0.1, -0.05) is 19.1 Å². The topological polar surface area (TPSA) is 73.6 Å². The second-order valence-corrected chi connectivity index (χ2v) is 5.03. The van der Waals surface area contributed by atoms with Crippen molar-refractivity contribution >= 4 is 11.8 Å². The minimum Gasteiger partial charge on any atom is -0.491 e. The van der Waals surface area contributed by atoms with Crippen LogP contribution in [-0.2, 0) is 4.74 Å². The van der Waals surface area contributed by atoms with Gasteiger partial charge in [-0.3, -0.25) is 5.32 Å². The van der Waals surface area contributed by atoms with Crippen LogP contribution in [0.5, 0.6) is 5.75 Å². The van der Waals surface area contributed by atoms with Gasteiger partial charge in [-0.2, -0.15) is 0 Å². The van der Waals surface area contributed by atoms with E-state index >= 15 is 0 Å². The van der Waals surface area contributed by atoms with E-state index in [0.717, 1.165) is 6.42 Å². The molecule has 5 heteroatoms. The number of benzene rings is 1. The summed E-state index contributed by atoms with van der Waals surface area (Å²) in [6.45, 7) is 6.35. The van der Waals surface area contributed by atoms with E-state index in [-0.39, 0.29) is 6.61 Å². The van der Waals surface area contributed by atoms with Crippen LogP contribution < -0.4 is 15.8 Å². The van der Waals surface area contributed by atoms with Crippen molar-refractivity contribution in [2.75, 3.05) is 18.5 Å². The zero-order valence-electron chi connectivity index (χ0n) is 11.7. The molecule has 0 radical (unpaired) electrons. The molecule has 0 unspecified atom stereocenters. The predicted molar refractivity (Wildman–Crippen MR) is 75.5 cm³/mol. The standard InChI is InChI=1S/C14H22N2O3/c1-4-9-18-12-8-6-5-7-11(12)16-13(17)19-10-14(2,3)15/h5-8H,4,9-10,15H2,1-3H3,(H,16,17). The third kappa shape index (κ3) is 6.10. The van der Waals surface area contributed by atoms with E-state index in [1.54, 1.807) is 26.0 Å². The quantitative estimate of drug-likeness (QED) is 0.830. The van der Waals surface area contributed by atoms with Crippen molar-refractivity contribution in [2.24, 2.45) is 5.73 Å². The first kappa shape index (κ1) is 15.3. The molecule has 1 aromatic carbocycles. The molecule has 3 N–H and O–H groups in total. The molecule has 19 heavy (non-hydrogen) atoms. The smallest absolute Gasteiger partial charge is 0.411 e. The van der Waals surface area contributed by atoms with E-state index in [0.29, 0.717) is 18.0 Å². The Morgan fingerprint density at radius 2 is 2.05 bits per heavy atom. The summed E-state index contributed by atoms with van der Waals surface area (Å²) < 4.78 is 10.6. The number of anilines is 1. The highest BCUT2D eigenvalue weighted by Gasteiger charge is 2.15. The first-order valence-electron chi connectivity index (χ1n) is 6.37. The van der Waals surface area contributed by atoms with Crippen molar-refractivity contribution in [3.63, 3.8) is 0 Å². The average Bonchev–Trinajstić information content (AvgIpc) is 2.34. The zero-order chi connectivity index (χ0) is 14.3. The van der Waals surface area contributed by atoms with Gasteiger partial charge >= 0.3 is 6.09 Å². The second-order valence-electron chi connectivity index (χ2n) is 5.03. The molecule has 0 bridgehead atoms. The first-order valence-corrected chi connectivity index (χ1v) is 6.37. The minimum atomic E-state index is -0.546. The van der Waals surface area contributed by atoms with Crippen molar-refractivity contribution in [1.82, 2.24) is 0 Å². The monoisotopic (exact) mass is 266 g/mol. The molecule has 0 aliphatic rings. The van der Waals surface area contributed by atoms with E-state index in [4.69, 9.17) is 15.2 Å². The molecular weight excluding hydrogens is 244 g/mol. The molecule has 0 aliphatic carbocycles. The zero-order valence-corrected chi connectivity index (χ0v) is 11.7. The number of carbonyl (C=O) groups excluding carboxylic acids is 1. The van der Waals surface area contributed by atoms with Crippen LogP contribution in [0.1, 0.15) is 27.2 Å². The molecule has 0 fully saturated rings. The fraction of sp³-hybridized carbons (Fsp3) is 0.500. The lowest BCUT2D eigenvalue weighted by atomic mass is 10.1. The number of nitrogens with two attached hydrogens (primary N) is 1. The summed E-state index contributed by atoms with van der Waals surface area (Å²) in [7, 11) is 0. The lowest BCUT2D eigenvalue weighted by molar-refractivity contribution is 0.138. The van der Waals surface area contributed by atoms with Gasteiger partial charge in [0.2, 0.25) is 0 Å². The number of para-hydroxylation sites is 2. The van der Waals surface area contributed by atoms with E-state index in [9.17, 15) is 4.79 Å². The minimum absolute atomic E-state index is 0.150. The molecule has 0 aliphatic heterocycles. The number of rotatable bonds is 6. The van der Waals surface area contributed by atoms with Gasteiger partial charge in [0.05, 0.1) is 12.3 Å². The number of hydrogen-bond acceptors (Lipinski definition) is 4. The third-order valence-electron chi connectivity index (χ3n) is 2.16. The molecule has 0 aromatic heterocycles. The maximum Gasteiger partial charge on any atom is 0.411 e. The summed E-state index contributed by atoms with van der Waals surface area (Å²) in [4.78, 5) is 11.6. The van der Waals surface area contributed by atoms with Crippen molar-refractivity contribution in [3.8, 4) is 5.75 Å². The summed E-state index contributed by atoms with van der Waals surface area (Å²) in [5.74, 6) is 0.633. The molecule has 106 valence electrons. The maximum atomic E-state index is 11.6. The van der Waals surface area contributed by atoms with Crippen molar-refractivity contribution in [2.45, 2.75) is 32.7 Å². The Balaban J connectivity index is 2.58. The maximum absolute atomic E-state index is 11.6. The van der Waals surface area contributed by atoms with Crippen molar-refractivity contribution < 1.29 is 14.3 Å². The van der Waals surface area contributed by atoms with E-state index < -0.39 is 11.6 Å². The lowest BCUT2D eigenvalue weighted by Gasteiger charge is -2.18. The SMILES string of the molecule is CCCOc1ccccc1NC(=O)OCC(C)(C)N. The van der Waals surface area contributed by atoms with Gasteiger partial charge in [-0.25, -0.2) is 4.79 Å². The predicted octanol–water partition coefficient (Wildman–Crippen LogP) is 2.76. The van der Waals surface area contributed by atoms with Gasteiger partial charge in [-0.15, -0.1) is 0 Å². The number of carbonyl (C=O) groups is 1. The number of nitrogens with one attached hydrogen (secondary N) is 1. The molecular formula is C14H22N2O3. The van der Waals surface area contributed by atoms with Gasteiger partial charge < -0.3 is 15.2 Å². The van der Waals surface area contributed by atoms with E-state index in [1.807, 2.05) is 19.1 Å². The molecule has 5 nitrogen and oxygen atoms in total. The Hall–Kier alpha value is -1.75. The highest BCUT2D eigenvalue weighted by atomic mass is 16.5. The molecule has 1 rings (SSSR count). The Kier molecular flexibility index (Phi) is 5.63. The van der Waals surface area contributed by atoms with Crippen molar-refractivity contribution in [1.29, 1.82) is 0 Å². The fourth-order valence-electron chi connectivity index (χ4n) is 1.31. The molecule has 0 saturated heterocycles. The highest BCUT2D eigenvalue weighted by molar-refractivity contribution is 5.86. The third-order valence-corrected chi connectivity index (χ3v) is 2.16.